The van der Waals surface area contributed by atoms with Crippen LogP contribution in [0.25, 0.3) is 10.1 Å². The predicted octanol–water partition coefficient (Wildman–Crippen LogP) is 2.82. The van der Waals surface area contributed by atoms with E-state index in [0.29, 0.717) is 31.2 Å². The Kier molecular flexibility index (Phi) is 3.24. The van der Waals surface area contributed by atoms with Gasteiger partial charge in [0.15, 0.2) is 0 Å². The lowest BCUT2D eigenvalue weighted by atomic mass is 10.1. The Morgan fingerprint density at radius 2 is 2.11 bits per heavy atom. The first-order valence-corrected chi connectivity index (χ1v) is 7.04. The fraction of sp³-hybridized carbons (Fsp3) is 0.357. The van der Waals surface area contributed by atoms with Gasteiger partial charge in [0.1, 0.15) is 5.82 Å². The van der Waals surface area contributed by atoms with Gasteiger partial charge in [0.05, 0.1) is 18.1 Å². The smallest absolute Gasteiger partial charge is 0.264 e. The van der Waals surface area contributed by atoms with Gasteiger partial charge in [-0.3, -0.25) is 4.79 Å². The van der Waals surface area contributed by atoms with E-state index < -0.39 is 0 Å². The molecule has 1 fully saturated rings. The van der Waals surface area contributed by atoms with E-state index in [1.165, 1.54) is 23.5 Å². The number of ether oxygens (including phenoxy) is 1. The normalized spacial score (nSPS) is 16.0. The number of carbonyl (C=O) groups excluding carboxylic acids is 1. The molecule has 2 aromatic rings. The Morgan fingerprint density at radius 3 is 2.84 bits per heavy atom. The van der Waals surface area contributed by atoms with E-state index >= 15 is 0 Å². The summed E-state index contributed by atoms with van der Waals surface area (Å²) in [4.78, 5) is 15.0. The molecule has 0 unspecified atom stereocenters. The van der Waals surface area contributed by atoms with Crippen LogP contribution in [-0.2, 0) is 4.74 Å². The van der Waals surface area contributed by atoms with Gasteiger partial charge in [-0.1, -0.05) is 0 Å². The maximum absolute atomic E-state index is 13.3. The summed E-state index contributed by atoms with van der Waals surface area (Å²) in [6.45, 7) is 4.31. The van der Waals surface area contributed by atoms with E-state index in [0.717, 1.165) is 15.6 Å². The highest BCUT2D eigenvalue weighted by Crippen LogP contribution is 2.32. The second kappa shape index (κ2) is 4.90. The van der Waals surface area contributed by atoms with Gasteiger partial charge >= 0.3 is 0 Å². The van der Waals surface area contributed by atoms with Crippen LogP contribution in [0, 0.1) is 12.7 Å². The van der Waals surface area contributed by atoms with Crippen LogP contribution in [0.1, 0.15) is 15.2 Å². The van der Waals surface area contributed by atoms with E-state index in [9.17, 15) is 9.18 Å². The van der Waals surface area contributed by atoms with Crippen molar-refractivity contribution in [1.82, 2.24) is 4.90 Å². The Balaban J connectivity index is 2.00. The first-order valence-electron chi connectivity index (χ1n) is 6.22. The van der Waals surface area contributed by atoms with Crippen LogP contribution in [0.3, 0.4) is 0 Å². The highest BCUT2D eigenvalue weighted by Gasteiger charge is 2.23. The summed E-state index contributed by atoms with van der Waals surface area (Å²) in [5, 5.41) is 0.835. The minimum atomic E-state index is -0.265. The van der Waals surface area contributed by atoms with Crippen molar-refractivity contribution in [2.24, 2.45) is 0 Å². The van der Waals surface area contributed by atoms with E-state index in [1.807, 2.05) is 6.92 Å². The predicted molar refractivity (Wildman–Crippen MR) is 73.2 cm³/mol. The fourth-order valence-corrected chi connectivity index (χ4v) is 3.46. The van der Waals surface area contributed by atoms with E-state index in [1.54, 1.807) is 11.0 Å². The van der Waals surface area contributed by atoms with Crippen molar-refractivity contribution in [3.63, 3.8) is 0 Å². The molecule has 1 aromatic heterocycles. The molecule has 0 bridgehead atoms. The van der Waals surface area contributed by atoms with Crippen LogP contribution >= 0.6 is 11.3 Å². The van der Waals surface area contributed by atoms with Gasteiger partial charge in [-0.15, -0.1) is 11.3 Å². The summed E-state index contributed by atoms with van der Waals surface area (Å²) in [6, 6.07) is 4.66. The fourth-order valence-electron chi connectivity index (χ4n) is 2.31. The third-order valence-electron chi connectivity index (χ3n) is 3.39. The van der Waals surface area contributed by atoms with Crippen LogP contribution < -0.4 is 0 Å². The van der Waals surface area contributed by atoms with Crippen molar-refractivity contribution in [3.05, 3.63) is 34.5 Å². The molecule has 1 aliphatic heterocycles. The molecule has 0 radical (unpaired) electrons. The van der Waals surface area contributed by atoms with Crippen molar-refractivity contribution in [3.8, 4) is 0 Å². The maximum Gasteiger partial charge on any atom is 0.264 e. The summed E-state index contributed by atoms with van der Waals surface area (Å²) in [5.41, 5.74) is 0.871. The molecule has 3 rings (SSSR count). The van der Waals surface area contributed by atoms with Crippen molar-refractivity contribution in [2.75, 3.05) is 26.3 Å². The standard InChI is InChI=1S/C14H14FNO2S/c1-9-11-8-10(15)2-3-12(11)19-13(9)14(17)16-4-6-18-7-5-16/h2-3,8H,4-7H2,1H3. The van der Waals surface area contributed by atoms with E-state index in [2.05, 4.69) is 0 Å². The lowest BCUT2D eigenvalue weighted by molar-refractivity contribution is 0.0306. The molecule has 0 N–H and O–H groups in total. The minimum absolute atomic E-state index is 0.0300. The van der Waals surface area contributed by atoms with Crippen molar-refractivity contribution < 1.29 is 13.9 Å². The van der Waals surface area contributed by atoms with Crippen molar-refractivity contribution >= 4 is 27.3 Å². The third-order valence-corrected chi connectivity index (χ3v) is 4.65. The lowest BCUT2D eigenvalue weighted by Gasteiger charge is -2.26. The zero-order valence-electron chi connectivity index (χ0n) is 10.6. The van der Waals surface area contributed by atoms with Gasteiger partial charge in [-0.2, -0.15) is 0 Å². The van der Waals surface area contributed by atoms with Crippen molar-refractivity contribution in [2.45, 2.75) is 6.92 Å². The van der Waals surface area contributed by atoms with Gasteiger partial charge in [0.2, 0.25) is 0 Å². The molecule has 5 heteroatoms. The summed E-state index contributed by atoms with van der Waals surface area (Å²) >= 11 is 1.44. The number of thiophene rings is 1. The molecule has 3 nitrogen and oxygen atoms in total. The number of benzene rings is 1. The lowest BCUT2D eigenvalue weighted by Crippen LogP contribution is -2.40. The Hall–Kier alpha value is -1.46. The highest BCUT2D eigenvalue weighted by molar-refractivity contribution is 7.21. The monoisotopic (exact) mass is 279 g/mol. The van der Waals surface area contributed by atoms with Crippen LogP contribution in [0.4, 0.5) is 4.39 Å². The van der Waals surface area contributed by atoms with Crippen LogP contribution in [0.2, 0.25) is 0 Å². The molecule has 2 heterocycles. The molecule has 100 valence electrons. The number of aryl methyl sites for hydroxylation is 1. The van der Waals surface area contributed by atoms with Crippen molar-refractivity contribution in [1.29, 1.82) is 0 Å². The zero-order chi connectivity index (χ0) is 13.4. The summed E-state index contributed by atoms with van der Waals surface area (Å²) in [6.07, 6.45) is 0. The van der Waals surface area contributed by atoms with Crippen LogP contribution in [0.15, 0.2) is 18.2 Å². The van der Waals surface area contributed by atoms with Gasteiger partial charge < -0.3 is 9.64 Å². The van der Waals surface area contributed by atoms with Gasteiger partial charge in [0.25, 0.3) is 5.91 Å². The highest BCUT2D eigenvalue weighted by atomic mass is 32.1. The van der Waals surface area contributed by atoms with E-state index in [-0.39, 0.29) is 11.7 Å². The number of hydrogen-bond donors (Lipinski definition) is 0. The molecule has 1 saturated heterocycles. The molecular formula is C14H14FNO2S. The largest absolute Gasteiger partial charge is 0.378 e. The zero-order valence-corrected chi connectivity index (χ0v) is 11.4. The number of carbonyl (C=O) groups is 1. The average molecular weight is 279 g/mol. The quantitative estimate of drug-likeness (QED) is 0.803. The maximum atomic E-state index is 13.3. The van der Waals surface area contributed by atoms with E-state index in [4.69, 9.17) is 4.74 Å². The van der Waals surface area contributed by atoms with Gasteiger partial charge in [-0.25, -0.2) is 4.39 Å². The van der Waals surface area contributed by atoms with Crippen LogP contribution in [0.5, 0.6) is 0 Å². The second-order valence-electron chi connectivity index (χ2n) is 4.60. The second-order valence-corrected chi connectivity index (χ2v) is 5.65. The van der Waals surface area contributed by atoms with Crippen LogP contribution in [-0.4, -0.2) is 37.1 Å². The number of amides is 1. The molecule has 1 aliphatic rings. The summed E-state index contributed by atoms with van der Waals surface area (Å²) in [5.74, 6) is -0.235. The first-order chi connectivity index (χ1) is 9.16. The first kappa shape index (κ1) is 12.6. The number of rotatable bonds is 1. The minimum Gasteiger partial charge on any atom is -0.378 e. The molecule has 1 amide bonds. The molecule has 0 saturated carbocycles. The van der Waals surface area contributed by atoms with Gasteiger partial charge in [-0.05, 0) is 36.1 Å². The number of morpholine rings is 1. The number of hydrogen-bond acceptors (Lipinski definition) is 3. The number of fused-ring (bicyclic) bond motifs is 1. The molecule has 0 spiro atoms. The summed E-state index contributed by atoms with van der Waals surface area (Å²) in [7, 11) is 0. The SMILES string of the molecule is Cc1c(C(=O)N2CCOCC2)sc2ccc(F)cc12. The van der Waals surface area contributed by atoms with Gasteiger partial charge in [0, 0.05) is 17.8 Å². The average Bonchev–Trinajstić information content (AvgIpc) is 2.76. The Morgan fingerprint density at radius 1 is 1.37 bits per heavy atom. The Bertz CT molecular complexity index is 632. The topological polar surface area (TPSA) is 29.5 Å². The molecule has 1 aromatic carbocycles. The number of nitrogens with zero attached hydrogens (tertiary/aromatic N) is 1. The number of halogens is 1. The molecular weight excluding hydrogens is 265 g/mol. The molecule has 19 heavy (non-hydrogen) atoms. The Labute approximate surface area is 114 Å². The molecule has 0 aliphatic carbocycles. The summed E-state index contributed by atoms with van der Waals surface area (Å²) < 4.78 is 19.5. The third kappa shape index (κ3) is 2.24. The molecule has 0 atom stereocenters.